The molecule has 0 radical (unpaired) electrons. The van der Waals surface area contributed by atoms with Gasteiger partial charge in [0.1, 0.15) is 0 Å². The molecule has 9 nitrogen and oxygen atoms in total. The summed E-state index contributed by atoms with van der Waals surface area (Å²) in [6.07, 6.45) is 1.24. The van der Waals surface area contributed by atoms with Crippen LogP contribution < -0.4 is 11.5 Å². The van der Waals surface area contributed by atoms with Crippen molar-refractivity contribution in [1.29, 1.82) is 0 Å². The molecule has 2 heterocycles. The maximum atomic E-state index is 12.5. The number of nitrogens with zero attached hydrogens (tertiary/aromatic N) is 4. The van der Waals surface area contributed by atoms with Gasteiger partial charge in [-0.25, -0.2) is 0 Å². The SMILES string of the molecule is CCOC(=O)C1CCN(C(=O)[C@H](C)Sc2nc(N)nc(N)n2)CC1. The number of carbonyl (C=O) groups is 2. The monoisotopic (exact) mass is 354 g/mol. The van der Waals surface area contributed by atoms with Gasteiger partial charge in [0, 0.05) is 13.1 Å². The Bertz CT molecular complexity index is 586. The molecule has 1 amide bonds. The molecule has 0 spiro atoms. The van der Waals surface area contributed by atoms with Gasteiger partial charge in [-0.3, -0.25) is 9.59 Å². The summed E-state index contributed by atoms with van der Waals surface area (Å²) >= 11 is 1.18. The third-order valence-corrected chi connectivity index (χ3v) is 4.65. The lowest BCUT2D eigenvalue weighted by atomic mass is 9.97. The van der Waals surface area contributed by atoms with Gasteiger partial charge in [0.2, 0.25) is 17.8 Å². The number of hydrogen-bond acceptors (Lipinski definition) is 9. The van der Waals surface area contributed by atoms with Crippen molar-refractivity contribution >= 4 is 35.5 Å². The Morgan fingerprint density at radius 2 is 1.83 bits per heavy atom. The summed E-state index contributed by atoms with van der Waals surface area (Å²) in [4.78, 5) is 37.6. The van der Waals surface area contributed by atoms with E-state index < -0.39 is 0 Å². The fourth-order valence-electron chi connectivity index (χ4n) is 2.50. The zero-order valence-corrected chi connectivity index (χ0v) is 14.6. The molecule has 0 bridgehead atoms. The van der Waals surface area contributed by atoms with Crippen LogP contribution in [-0.2, 0) is 14.3 Å². The van der Waals surface area contributed by atoms with E-state index in [1.165, 1.54) is 11.8 Å². The normalized spacial score (nSPS) is 16.7. The minimum absolute atomic E-state index is 0.0277. The Hall–Kier alpha value is -2.10. The number of nitrogens with two attached hydrogens (primary N) is 2. The molecule has 1 fully saturated rings. The summed E-state index contributed by atoms with van der Waals surface area (Å²) in [6.45, 7) is 5.02. The van der Waals surface area contributed by atoms with E-state index in [0.717, 1.165) is 0 Å². The molecule has 4 N–H and O–H groups in total. The number of ether oxygens (including phenoxy) is 1. The maximum Gasteiger partial charge on any atom is 0.309 e. The summed E-state index contributed by atoms with van der Waals surface area (Å²) in [7, 11) is 0. The number of piperidine rings is 1. The standard InChI is InChI=1S/C14H22N6O3S/c1-3-23-11(22)9-4-6-20(7-5-9)10(21)8(2)24-14-18-12(15)17-13(16)19-14/h8-9H,3-7H2,1-2H3,(H4,15,16,17,18,19)/t8-/m0/s1. The third kappa shape index (κ3) is 4.70. The number of thioether (sulfide) groups is 1. The van der Waals surface area contributed by atoms with E-state index in [4.69, 9.17) is 16.2 Å². The van der Waals surface area contributed by atoms with Crippen LogP contribution in [0.15, 0.2) is 5.16 Å². The van der Waals surface area contributed by atoms with Crippen molar-refractivity contribution in [3.05, 3.63) is 0 Å². The van der Waals surface area contributed by atoms with E-state index in [2.05, 4.69) is 15.0 Å². The molecule has 1 saturated heterocycles. The summed E-state index contributed by atoms with van der Waals surface area (Å²) in [6, 6.07) is 0. The molecule has 10 heteroatoms. The quantitative estimate of drug-likeness (QED) is 0.565. The van der Waals surface area contributed by atoms with E-state index in [1.54, 1.807) is 18.7 Å². The van der Waals surface area contributed by atoms with Crippen molar-refractivity contribution in [2.24, 2.45) is 5.92 Å². The van der Waals surface area contributed by atoms with Crippen molar-refractivity contribution in [3.63, 3.8) is 0 Å². The maximum absolute atomic E-state index is 12.5. The number of likely N-dealkylation sites (tertiary alicyclic amines) is 1. The minimum atomic E-state index is -0.384. The second-order valence-electron chi connectivity index (χ2n) is 5.45. The summed E-state index contributed by atoms with van der Waals surface area (Å²) in [5.41, 5.74) is 11.1. The molecule has 1 atom stereocenters. The smallest absolute Gasteiger partial charge is 0.309 e. The van der Waals surface area contributed by atoms with Crippen LogP contribution in [0.4, 0.5) is 11.9 Å². The Labute approximate surface area is 144 Å². The highest BCUT2D eigenvalue weighted by Crippen LogP contribution is 2.25. The fraction of sp³-hybridized carbons (Fsp3) is 0.643. The Morgan fingerprint density at radius 1 is 1.25 bits per heavy atom. The third-order valence-electron chi connectivity index (χ3n) is 3.71. The highest BCUT2D eigenvalue weighted by Gasteiger charge is 2.30. The molecule has 1 aromatic rings. The zero-order valence-electron chi connectivity index (χ0n) is 13.8. The summed E-state index contributed by atoms with van der Waals surface area (Å²) in [5, 5.41) is -0.0624. The number of aromatic nitrogens is 3. The molecule has 2 rings (SSSR count). The van der Waals surface area contributed by atoms with E-state index in [1.807, 2.05) is 0 Å². The first-order valence-corrected chi connectivity index (χ1v) is 8.67. The highest BCUT2D eigenvalue weighted by atomic mass is 32.2. The first kappa shape index (κ1) is 18.2. The summed E-state index contributed by atoms with van der Waals surface area (Å²) < 4.78 is 5.03. The van der Waals surface area contributed by atoms with Crippen molar-refractivity contribution in [3.8, 4) is 0 Å². The molecule has 0 unspecified atom stereocenters. The first-order valence-electron chi connectivity index (χ1n) is 7.79. The largest absolute Gasteiger partial charge is 0.466 e. The summed E-state index contributed by atoms with van der Waals surface area (Å²) in [5.74, 6) is -0.275. The minimum Gasteiger partial charge on any atom is -0.466 e. The van der Waals surface area contributed by atoms with Crippen LogP contribution >= 0.6 is 11.8 Å². The first-order chi connectivity index (χ1) is 11.4. The van der Waals surface area contributed by atoms with E-state index in [9.17, 15) is 9.59 Å². The molecule has 24 heavy (non-hydrogen) atoms. The van der Waals surface area contributed by atoms with Crippen LogP contribution in [0.2, 0.25) is 0 Å². The second kappa shape index (κ2) is 8.13. The van der Waals surface area contributed by atoms with Gasteiger partial charge >= 0.3 is 5.97 Å². The van der Waals surface area contributed by atoms with Crippen LogP contribution in [0.3, 0.4) is 0 Å². The predicted octanol–water partition coefficient (Wildman–Crippen LogP) is 0.318. The number of amides is 1. The van der Waals surface area contributed by atoms with Gasteiger partial charge in [-0.2, -0.15) is 15.0 Å². The van der Waals surface area contributed by atoms with Gasteiger partial charge in [-0.15, -0.1) is 0 Å². The molecule has 0 aliphatic carbocycles. The van der Waals surface area contributed by atoms with Crippen LogP contribution in [0.25, 0.3) is 0 Å². The van der Waals surface area contributed by atoms with Crippen molar-refractivity contribution < 1.29 is 14.3 Å². The van der Waals surface area contributed by atoms with Gasteiger partial charge in [-0.05, 0) is 26.7 Å². The van der Waals surface area contributed by atoms with E-state index >= 15 is 0 Å². The topological polar surface area (TPSA) is 137 Å². The lowest BCUT2D eigenvalue weighted by Gasteiger charge is -2.32. The Balaban J connectivity index is 1.89. The number of nitrogen functional groups attached to an aromatic ring is 2. The van der Waals surface area contributed by atoms with Crippen LogP contribution in [0, 0.1) is 5.92 Å². The van der Waals surface area contributed by atoms with Crippen molar-refractivity contribution in [1.82, 2.24) is 19.9 Å². The highest BCUT2D eigenvalue weighted by molar-refractivity contribution is 8.00. The molecular formula is C14H22N6O3S. The van der Waals surface area contributed by atoms with Crippen molar-refractivity contribution in [2.45, 2.75) is 37.1 Å². The van der Waals surface area contributed by atoms with E-state index in [0.29, 0.717) is 37.7 Å². The average Bonchev–Trinajstić information content (AvgIpc) is 2.53. The number of carbonyl (C=O) groups excluding carboxylic acids is 2. The molecular weight excluding hydrogens is 332 g/mol. The fourth-order valence-corrected chi connectivity index (χ4v) is 3.36. The van der Waals surface area contributed by atoms with Gasteiger partial charge in [0.25, 0.3) is 0 Å². The number of anilines is 2. The molecule has 0 aromatic carbocycles. The average molecular weight is 354 g/mol. The van der Waals surface area contributed by atoms with Crippen molar-refractivity contribution in [2.75, 3.05) is 31.2 Å². The number of esters is 1. The van der Waals surface area contributed by atoms with Gasteiger partial charge < -0.3 is 21.1 Å². The molecule has 1 aliphatic rings. The molecule has 1 aliphatic heterocycles. The lowest BCUT2D eigenvalue weighted by Crippen LogP contribution is -2.43. The lowest BCUT2D eigenvalue weighted by molar-refractivity contribution is -0.151. The van der Waals surface area contributed by atoms with Gasteiger partial charge in [-0.1, -0.05) is 11.8 Å². The van der Waals surface area contributed by atoms with Gasteiger partial charge in [0.15, 0.2) is 5.16 Å². The number of hydrogen-bond donors (Lipinski definition) is 2. The molecule has 132 valence electrons. The predicted molar refractivity (Wildman–Crippen MR) is 89.9 cm³/mol. The van der Waals surface area contributed by atoms with Crippen LogP contribution in [0.5, 0.6) is 0 Å². The van der Waals surface area contributed by atoms with E-state index in [-0.39, 0.29) is 34.9 Å². The van der Waals surface area contributed by atoms with Crippen LogP contribution in [0.1, 0.15) is 26.7 Å². The molecule has 0 saturated carbocycles. The van der Waals surface area contributed by atoms with Gasteiger partial charge in [0.05, 0.1) is 17.8 Å². The zero-order chi connectivity index (χ0) is 17.7. The Morgan fingerprint density at radius 3 is 2.38 bits per heavy atom. The Kier molecular flexibility index (Phi) is 6.18. The molecule has 1 aromatic heterocycles. The van der Waals surface area contributed by atoms with Crippen LogP contribution in [-0.4, -0.2) is 56.7 Å². The number of rotatable bonds is 5. The second-order valence-corrected chi connectivity index (χ2v) is 6.75.